The predicted molar refractivity (Wildman–Crippen MR) is 133 cm³/mol. The summed E-state index contributed by atoms with van der Waals surface area (Å²) >= 11 is 15.8. The lowest BCUT2D eigenvalue weighted by molar-refractivity contribution is 0.853. The topological polar surface area (TPSA) is 43.6 Å². The van der Waals surface area contributed by atoms with Gasteiger partial charge in [-0.2, -0.15) is 5.10 Å². The molecular weight excluding hydrogens is 467 g/mol. The van der Waals surface area contributed by atoms with Crippen LogP contribution >= 0.6 is 46.3 Å². The van der Waals surface area contributed by atoms with E-state index >= 15 is 0 Å². The molecule has 0 unspecified atom stereocenters. The Morgan fingerprint density at radius 3 is 2.29 bits per heavy atom. The fraction of sp³-hybridized carbons (Fsp3) is 0.261. The van der Waals surface area contributed by atoms with E-state index in [9.17, 15) is 0 Å². The van der Waals surface area contributed by atoms with Gasteiger partial charge in [0, 0.05) is 34.0 Å². The number of aromatic nitrogens is 4. The van der Waals surface area contributed by atoms with Crippen LogP contribution in [0.5, 0.6) is 0 Å². The van der Waals surface area contributed by atoms with E-state index in [1.54, 1.807) is 23.1 Å². The molecule has 4 rings (SSSR count). The minimum Gasteiger partial charge on any atom is -0.258 e. The van der Waals surface area contributed by atoms with E-state index in [0.717, 1.165) is 48.8 Å². The molecule has 8 heteroatoms. The second-order valence-electron chi connectivity index (χ2n) is 7.64. The van der Waals surface area contributed by atoms with Gasteiger partial charge in [-0.15, -0.1) is 11.8 Å². The Bertz CT molecular complexity index is 1240. The summed E-state index contributed by atoms with van der Waals surface area (Å²) < 4.78 is 3.00. The number of nitrogens with zero attached hydrogens (tertiary/aromatic N) is 4. The maximum Gasteiger partial charge on any atom is 0.211 e. The highest BCUT2D eigenvalue weighted by Crippen LogP contribution is 2.41. The number of halogens is 2. The maximum atomic E-state index is 6.28. The van der Waals surface area contributed by atoms with Crippen molar-refractivity contribution in [2.45, 2.75) is 44.1 Å². The second-order valence-corrected chi connectivity index (χ2v) is 11.3. The van der Waals surface area contributed by atoms with Crippen molar-refractivity contribution in [2.24, 2.45) is 0 Å². The summed E-state index contributed by atoms with van der Waals surface area (Å²) in [6, 6.07) is 9.82. The molecule has 0 saturated heterocycles. The zero-order valence-electron chi connectivity index (χ0n) is 17.9. The second kappa shape index (κ2) is 8.94. The van der Waals surface area contributed by atoms with Crippen molar-refractivity contribution < 1.29 is 0 Å². The van der Waals surface area contributed by atoms with Crippen molar-refractivity contribution in [1.82, 2.24) is 19.7 Å². The lowest BCUT2D eigenvalue weighted by Crippen LogP contribution is -1.94. The Morgan fingerprint density at radius 1 is 0.935 bits per heavy atom. The third-order valence-corrected chi connectivity index (χ3v) is 7.60. The zero-order valence-corrected chi connectivity index (χ0v) is 21.0. The Hall–Kier alpha value is -1.86. The minimum absolute atomic E-state index is 0.424. The third kappa shape index (κ3) is 4.82. The normalized spacial score (nSPS) is 11.5. The lowest BCUT2D eigenvalue weighted by atomic mass is 10.1. The van der Waals surface area contributed by atoms with Crippen LogP contribution in [0.3, 0.4) is 0 Å². The highest BCUT2D eigenvalue weighted by Gasteiger charge is 2.19. The maximum absolute atomic E-state index is 6.28. The Labute approximate surface area is 200 Å². The lowest BCUT2D eigenvalue weighted by Gasteiger charge is -2.05. The largest absolute Gasteiger partial charge is 0.258 e. The quantitative estimate of drug-likeness (QED) is 0.268. The Balaban J connectivity index is 1.80. The summed E-state index contributed by atoms with van der Waals surface area (Å²) in [5.74, 6) is 0. The molecule has 0 bridgehead atoms. The van der Waals surface area contributed by atoms with Gasteiger partial charge in [-0.1, -0.05) is 54.5 Å². The van der Waals surface area contributed by atoms with E-state index < -0.39 is 0 Å². The molecule has 4 nitrogen and oxygen atoms in total. The average molecular weight is 489 g/mol. The number of hydrogen-bond donors (Lipinski definition) is 0. The van der Waals surface area contributed by atoms with Gasteiger partial charge in [-0.3, -0.25) is 4.98 Å². The van der Waals surface area contributed by atoms with Gasteiger partial charge in [0.25, 0.3) is 0 Å². The van der Waals surface area contributed by atoms with Crippen LogP contribution in [0.1, 0.15) is 30.9 Å². The SMILES string of the molecule is Cc1cc(-c2cn(-c3nc(-c4ccc(Cl)c(Cl)c4)c(SC(C)C)s3)nc2C)cc(C)n1. The molecule has 0 fully saturated rings. The van der Waals surface area contributed by atoms with E-state index in [2.05, 4.69) is 31.0 Å². The Kier molecular flexibility index (Phi) is 6.44. The van der Waals surface area contributed by atoms with Gasteiger partial charge in [0.1, 0.15) is 0 Å². The highest BCUT2D eigenvalue weighted by atomic mass is 35.5. The number of rotatable bonds is 5. The smallest absolute Gasteiger partial charge is 0.211 e. The van der Waals surface area contributed by atoms with E-state index in [0.29, 0.717) is 15.3 Å². The molecule has 0 spiro atoms. The number of thioether (sulfide) groups is 1. The van der Waals surface area contributed by atoms with E-state index in [-0.39, 0.29) is 0 Å². The summed E-state index contributed by atoms with van der Waals surface area (Å²) in [4.78, 5) is 9.43. The molecule has 0 aliphatic heterocycles. The van der Waals surface area contributed by atoms with Crippen LogP contribution in [0.15, 0.2) is 40.7 Å². The standard InChI is InChI=1S/C23H22Cl2N4S2/c1-12(2)30-22-21(16-6-7-19(24)20(25)10-16)27-23(31-22)29-11-18(15(5)28-29)17-8-13(3)26-14(4)9-17/h6-12H,1-5H3. The first-order valence-electron chi connectivity index (χ1n) is 9.86. The molecule has 1 aromatic carbocycles. The molecule has 160 valence electrons. The number of pyridine rings is 1. The molecule has 0 N–H and O–H groups in total. The number of hydrogen-bond acceptors (Lipinski definition) is 5. The summed E-state index contributed by atoms with van der Waals surface area (Å²) in [5, 5.41) is 7.07. The molecule has 0 atom stereocenters. The predicted octanol–water partition coefficient (Wildman–Crippen LogP) is 7.79. The van der Waals surface area contributed by atoms with Crippen molar-refractivity contribution in [3.8, 4) is 27.5 Å². The van der Waals surface area contributed by atoms with Crippen LogP contribution in [0.4, 0.5) is 0 Å². The molecule has 3 heterocycles. The van der Waals surface area contributed by atoms with Crippen molar-refractivity contribution in [1.29, 1.82) is 0 Å². The first kappa shape index (κ1) is 22.3. The van der Waals surface area contributed by atoms with Crippen LogP contribution in [-0.4, -0.2) is 25.0 Å². The fourth-order valence-electron chi connectivity index (χ4n) is 3.34. The highest BCUT2D eigenvalue weighted by molar-refractivity contribution is 8.01. The average Bonchev–Trinajstić information content (AvgIpc) is 3.26. The molecule has 3 aromatic heterocycles. The van der Waals surface area contributed by atoms with Gasteiger partial charge < -0.3 is 0 Å². The molecule has 4 aromatic rings. The summed E-state index contributed by atoms with van der Waals surface area (Å²) in [7, 11) is 0. The van der Waals surface area contributed by atoms with Crippen molar-refractivity contribution in [3.05, 3.63) is 63.7 Å². The molecule has 0 radical (unpaired) electrons. The molecule has 0 amide bonds. The summed E-state index contributed by atoms with van der Waals surface area (Å²) in [5.41, 5.74) is 6.99. The fourth-order valence-corrected chi connectivity index (χ4v) is 6.09. The monoisotopic (exact) mass is 488 g/mol. The van der Waals surface area contributed by atoms with E-state index in [4.69, 9.17) is 33.3 Å². The van der Waals surface area contributed by atoms with Gasteiger partial charge in [0.2, 0.25) is 5.13 Å². The number of thiazole rings is 1. The van der Waals surface area contributed by atoms with Crippen LogP contribution in [0.2, 0.25) is 10.0 Å². The molecule has 31 heavy (non-hydrogen) atoms. The number of aryl methyl sites for hydroxylation is 3. The summed E-state index contributed by atoms with van der Waals surface area (Å²) in [6.07, 6.45) is 2.05. The van der Waals surface area contributed by atoms with Crippen LogP contribution < -0.4 is 0 Å². The van der Waals surface area contributed by atoms with Crippen LogP contribution in [0.25, 0.3) is 27.5 Å². The first-order valence-corrected chi connectivity index (χ1v) is 12.3. The van der Waals surface area contributed by atoms with Crippen molar-refractivity contribution in [2.75, 3.05) is 0 Å². The Morgan fingerprint density at radius 2 is 1.65 bits per heavy atom. The number of benzene rings is 1. The van der Waals surface area contributed by atoms with Crippen LogP contribution in [0, 0.1) is 20.8 Å². The van der Waals surface area contributed by atoms with Crippen molar-refractivity contribution >= 4 is 46.3 Å². The van der Waals surface area contributed by atoms with E-state index in [1.807, 2.05) is 49.8 Å². The van der Waals surface area contributed by atoms with Gasteiger partial charge in [0.05, 0.1) is 25.6 Å². The van der Waals surface area contributed by atoms with Gasteiger partial charge in [-0.25, -0.2) is 9.67 Å². The van der Waals surface area contributed by atoms with E-state index in [1.165, 1.54) is 0 Å². The van der Waals surface area contributed by atoms with Gasteiger partial charge in [0.15, 0.2) is 0 Å². The molecule has 0 aliphatic carbocycles. The third-order valence-electron chi connectivity index (χ3n) is 4.61. The zero-order chi connectivity index (χ0) is 22.3. The molecular formula is C23H22Cl2N4S2. The minimum atomic E-state index is 0.424. The van der Waals surface area contributed by atoms with Crippen molar-refractivity contribution in [3.63, 3.8) is 0 Å². The molecule has 0 aliphatic rings. The molecule has 0 saturated carbocycles. The van der Waals surface area contributed by atoms with Crippen LogP contribution in [-0.2, 0) is 0 Å². The van der Waals surface area contributed by atoms with Gasteiger partial charge in [-0.05, 0) is 50.6 Å². The van der Waals surface area contributed by atoms with Gasteiger partial charge >= 0.3 is 0 Å². The first-order chi connectivity index (χ1) is 14.7. The summed E-state index contributed by atoms with van der Waals surface area (Å²) in [6.45, 7) is 10.4.